The summed E-state index contributed by atoms with van der Waals surface area (Å²) < 4.78 is 37.7. The predicted octanol–water partition coefficient (Wildman–Crippen LogP) is 3.48. The molecule has 2 aliphatic rings. The molecule has 10 nitrogen and oxygen atoms in total. The Morgan fingerprint density at radius 1 is 1.00 bits per heavy atom. The Morgan fingerprint density at radius 2 is 1.68 bits per heavy atom. The summed E-state index contributed by atoms with van der Waals surface area (Å²) >= 11 is 0. The first-order valence-corrected chi connectivity index (χ1v) is 16.3. The van der Waals surface area contributed by atoms with Crippen LogP contribution in [0.3, 0.4) is 0 Å². The number of anilines is 1. The molecule has 1 fully saturated rings. The third kappa shape index (κ3) is 5.55. The van der Waals surface area contributed by atoms with E-state index in [4.69, 9.17) is 9.15 Å². The maximum Gasteiger partial charge on any atom is 0.287 e. The van der Waals surface area contributed by atoms with E-state index in [-0.39, 0.29) is 29.1 Å². The van der Waals surface area contributed by atoms with Gasteiger partial charge in [0.05, 0.1) is 24.4 Å². The fourth-order valence-corrected chi connectivity index (χ4v) is 7.32. The Bertz CT molecular complexity index is 1890. The number of sulfonamides is 1. The molecule has 3 aromatic carbocycles. The maximum absolute atomic E-state index is 14.0. The van der Waals surface area contributed by atoms with Gasteiger partial charge in [-0.2, -0.15) is 0 Å². The number of nitrogens with one attached hydrogen (secondary N) is 1. The zero-order valence-electron chi connectivity index (χ0n) is 24.5. The van der Waals surface area contributed by atoms with E-state index in [0.717, 1.165) is 17.2 Å². The van der Waals surface area contributed by atoms with Gasteiger partial charge in [0.2, 0.25) is 15.9 Å². The molecule has 1 saturated heterocycles. The number of amides is 2. The lowest BCUT2D eigenvalue weighted by molar-refractivity contribution is -0.134. The fraction of sp³-hybridized carbons (Fsp3) is 0.303. The zero-order chi connectivity index (χ0) is 31.1. The van der Waals surface area contributed by atoms with Crippen molar-refractivity contribution in [1.29, 1.82) is 0 Å². The quantitative estimate of drug-likeness (QED) is 0.337. The van der Waals surface area contributed by atoms with Gasteiger partial charge in [-0.05, 0) is 54.3 Å². The monoisotopic (exact) mass is 615 g/mol. The highest BCUT2D eigenvalue weighted by Crippen LogP contribution is 2.47. The van der Waals surface area contributed by atoms with Crippen LogP contribution < -0.4 is 19.8 Å². The number of carbonyl (C=O) groups is 2. The van der Waals surface area contributed by atoms with E-state index in [9.17, 15) is 22.8 Å². The molecule has 2 amide bonds. The van der Waals surface area contributed by atoms with Crippen molar-refractivity contribution in [2.75, 3.05) is 37.3 Å². The lowest BCUT2D eigenvalue weighted by Gasteiger charge is -2.41. The summed E-state index contributed by atoms with van der Waals surface area (Å²) in [4.78, 5) is 41.8. The number of hydrogen-bond donors (Lipinski definition) is 1. The van der Waals surface area contributed by atoms with E-state index in [1.807, 2.05) is 36.4 Å². The average molecular weight is 616 g/mol. The van der Waals surface area contributed by atoms with Crippen LogP contribution in [0.25, 0.3) is 11.0 Å². The number of ether oxygens (including phenoxy) is 1. The summed E-state index contributed by atoms with van der Waals surface area (Å²) in [6.07, 6.45) is 2.57. The van der Waals surface area contributed by atoms with Crippen molar-refractivity contribution in [2.24, 2.45) is 0 Å². The van der Waals surface area contributed by atoms with Crippen LogP contribution in [0.15, 0.2) is 88.1 Å². The van der Waals surface area contributed by atoms with Gasteiger partial charge in [0, 0.05) is 37.5 Å². The van der Waals surface area contributed by atoms with Crippen molar-refractivity contribution < 1.29 is 27.2 Å². The zero-order valence-corrected chi connectivity index (χ0v) is 25.3. The number of benzene rings is 3. The predicted molar refractivity (Wildman–Crippen MR) is 167 cm³/mol. The second kappa shape index (κ2) is 11.5. The van der Waals surface area contributed by atoms with Crippen LogP contribution in [0.1, 0.15) is 34.5 Å². The summed E-state index contributed by atoms with van der Waals surface area (Å²) in [5.41, 5.74) is 2.01. The normalized spacial score (nSPS) is 16.5. The second-order valence-corrected chi connectivity index (χ2v) is 13.3. The van der Waals surface area contributed by atoms with E-state index in [1.54, 1.807) is 48.4 Å². The minimum atomic E-state index is -3.47. The average Bonchev–Trinajstić information content (AvgIpc) is 3.35. The molecule has 1 spiro atoms. The summed E-state index contributed by atoms with van der Waals surface area (Å²) in [6.45, 7) is 1.12. The SMILES string of the molecule is COc1ccc(C[C@@H](NC(=O)c2cc(=O)c3ccccc3o2)C(=O)N2CCC3(CC2)CN(S(C)(=O)=O)c2ccccc23)cc1. The summed E-state index contributed by atoms with van der Waals surface area (Å²) in [6, 6.07) is 21.7. The Morgan fingerprint density at radius 3 is 2.39 bits per heavy atom. The minimum Gasteiger partial charge on any atom is -0.497 e. The molecular weight excluding hydrogens is 582 g/mol. The van der Waals surface area contributed by atoms with Crippen molar-refractivity contribution >= 4 is 38.5 Å². The van der Waals surface area contributed by atoms with Gasteiger partial charge in [-0.25, -0.2) is 8.42 Å². The number of nitrogens with zero attached hydrogens (tertiary/aromatic N) is 2. The van der Waals surface area contributed by atoms with Gasteiger partial charge in [-0.15, -0.1) is 0 Å². The molecule has 6 rings (SSSR count). The minimum absolute atomic E-state index is 0.178. The van der Waals surface area contributed by atoms with E-state index in [2.05, 4.69) is 5.32 Å². The van der Waals surface area contributed by atoms with E-state index >= 15 is 0 Å². The molecule has 0 radical (unpaired) electrons. The topological polar surface area (TPSA) is 126 Å². The third-order valence-corrected chi connectivity index (χ3v) is 9.81. The Hall–Kier alpha value is -4.64. The van der Waals surface area contributed by atoms with Gasteiger partial charge in [0.25, 0.3) is 5.91 Å². The molecule has 1 aromatic heterocycles. The number of piperidine rings is 1. The summed E-state index contributed by atoms with van der Waals surface area (Å²) in [5, 5.41) is 3.18. The Kier molecular flexibility index (Phi) is 7.66. The molecule has 2 aliphatic heterocycles. The highest BCUT2D eigenvalue weighted by molar-refractivity contribution is 7.92. The van der Waals surface area contributed by atoms with E-state index < -0.39 is 27.4 Å². The summed E-state index contributed by atoms with van der Waals surface area (Å²) in [7, 11) is -1.90. The molecule has 228 valence electrons. The number of likely N-dealkylation sites (tertiary alicyclic amines) is 1. The number of fused-ring (bicyclic) bond motifs is 3. The van der Waals surface area contributed by atoms with Gasteiger partial charge in [-0.1, -0.05) is 42.5 Å². The van der Waals surface area contributed by atoms with Crippen LogP contribution >= 0.6 is 0 Å². The Labute approximate surface area is 255 Å². The first-order valence-electron chi connectivity index (χ1n) is 14.4. The molecule has 0 unspecified atom stereocenters. The lowest BCUT2D eigenvalue weighted by Crippen LogP contribution is -2.54. The smallest absolute Gasteiger partial charge is 0.287 e. The fourth-order valence-electron chi connectivity index (χ4n) is 6.33. The number of carbonyl (C=O) groups excluding carboxylic acids is 2. The van der Waals surface area contributed by atoms with Crippen molar-refractivity contribution in [1.82, 2.24) is 10.2 Å². The first-order chi connectivity index (χ1) is 21.1. The van der Waals surface area contributed by atoms with Gasteiger partial charge < -0.3 is 19.4 Å². The van der Waals surface area contributed by atoms with Crippen LogP contribution in [-0.4, -0.2) is 64.2 Å². The van der Waals surface area contributed by atoms with Gasteiger partial charge in [0.1, 0.15) is 17.4 Å². The van der Waals surface area contributed by atoms with Gasteiger partial charge in [0.15, 0.2) is 11.2 Å². The molecule has 44 heavy (non-hydrogen) atoms. The number of hydrogen-bond acceptors (Lipinski definition) is 7. The van der Waals surface area contributed by atoms with Crippen molar-refractivity contribution in [3.63, 3.8) is 0 Å². The number of para-hydroxylation sites is 2. The molecule has 3 heterocycles. The van der Waals surface area contributed by atoms with E-state index in [1.165, 1.54) is 10.6 Å². The van der Waals surface area contributed by atoms with Crippen molar-refractivity contribution in [2.45, 2.75) is 30.7 Å². The molecule has 11 heteroatoms. The number of methoxy groups -OCH3 is 1. The molecular formula is C33H33N3O7S. The van der Waals surface area contributed by atoms with Crippen molar-refractivity contribution in [3.8, 4) is 5.75 Å². The molecule has 0 bridgehead atoms. The third-order valence-electron chi connectivity index (χ3n) is 8.68. The Balaban J connectivity index is 1.24. The van der Waals surface area contributed by atoms with Crippen LogP contribution in [0, 0.1) is 0 Å². The maximum atomic E-state index is 14.0. The standard InChI is InChI=1S/C33H33N3O7S/c1-42-23-13-11-22(12-14-23)19-26(34-31(38)30-20-28(37)24-7-3-6-10-29(24)43-30)32(39)35-17-15-33(16-18-35)21-36(44(2,40)41)27-9-5-4-8-25(27)33/h3-14,20,26H,15-19,21H2,1-2H3,(H,34,38)/t26-/m1/s1. The molecule has 0 aliphatic carbocycles. The first kappa shape index (κ1) is 29.4. The highest BCUT2D eigenvalue weighted by Gasteiger charge is 2.47. The van der Waals surface area contributed by atoms with Crippen LogP contribution in [-0.2, 0) is 26.7 Å². The molecule has 4 aromatic rings. The largest absolute Gasteiger partial charge is 0.497 e. The summed E-state index contributed by atoms with van der Waals surface area (Å²) in [5.74, 6) is -0.442. The van der Waals surface area contributed by atoms with Gasteiger partial charge in [-0.3, -0.25) is 18.7 Å². The van der Waals surface area contributed by atoms with Gasteiger partial charge >= 0.3 is 0 Å². The number of rotatable bonds is 7. The molecule has 0 saturated carbocycles. The molecule has 1 N–H and O–H groups in total. The highest BCUT2D eigenvalue weighted by atomic mass is 32.2. The molecule has 1 atom stereocenters. The van der Waals surface area contributed by atoms with E-state index in [0.29, 0.717) is 49.3 Å². The second-order valence-electron chi connectivity index (χ2n) is 11.4. The van der Waals surface area contributed by atoms with Crippen LogP contribution in [0.5, 0.6) is 5.75 Å². The van der Waals surface area contributed by atoms with Crippen LogP contribution in [0.4, 0.5) is 5.69 Å². The van der Waals surface area contributed by atoms with Crippen molar-refractivity contribution in [3.05, 3.63) is 106 Å². The van der Waals surface area contributed by atoms with Crippen LogP contribution in [0.2, 0.25) is 0 Å². The lowest BCUT2D eigenvalue weighted by atomic mass is 9.74.